The van der Waals surface area contributed by atoms with Gasteiger partial charge in [0.1, 0.15) is 6.10 Å². The topological polar surface area (TPSA) is 47.9 Å². The molecule has 0 aromatic rings. The molecular formula is C17H34O4. The summed E-state index contributed by atoms with van der Waals surface area (Å²) in [5.74, 6) is -0.766. The summed E-state index contributed by atoms with van der Waals surface area (Å²) < 4.78 is 5.17. The lowest BCUT2D eigenvalue weighted by molar-refractivity contribution is -0.425. The SMILES string of the molecule is CCCCC[C@@H](/C=C/[C@@H](O)CCCC)OOC(C)(C)OC. The normalized spacial score (nSPS) is 15.5. The van der Waals surface area contributed by atoms with Crippen molar-refractivity contribution in [1.29, 1.82) is 0 Å². The van der Waals surface area contributed by atoms with E-state index in [-0.39, 0.29) is 6.10 Å². The Balaban J connectivity index is 4.33. The van der Waals surface area contributed by atoms with Gasteiger partial charge in [-0.2, -0.15) is 0 Å². The van der Waals surface area contributed by atoms with E-state index in [1.54, 1.807) is 21.0 Å². The Morgan fingerprint density at radius 3 is 2.24 bits per heavy atom. The minimum absolute atomic E-state index is 0.151. The minimum Gasteiger partial charge on any atom is -0.389 e. The predicted molar refractivity (Wildman–Crippen MR) is 85.9 cm³/mol. The van der Waals surface area contributed by atoms with Crippen LogP contribution in [0.15, 0.2) is 12.2 Å². The predicted octanol–water partition coefficient (Wildman–Crippen LogP) is 4.37. The average Bonchev–Trinajstić information content (AvgIpc) is 2.47. The zero-order valence-electron chi connectivity index (χ0n) is 14.4. The van der Waals surface area contributed by atoms with Crippen molar-refractivity contribution in [3.8, 4) is 0 Å². The molecular weight excluding hydrogens is 268 g/mol. The van der Waals surface area contributed by atoms with E-state index in [0.717, 1.165) is 32.1 Å². The summed E-state index contributed by atoms with van der Waals surface area (Å²) in [5, 5.41) is 9.87. The highest BCUT2D eigenvalue weighted by Crippen LogP contribution is 2.16. The molecule has 0 aromatic carbocycles. The van der Waals surface area contributed by atoms with E-state index in [1.807, 2.05) is 12.2 Å². The maximum atomic E-state index is 9.87. The molecule has 2 atom stereocenters. The molecule has 126 valence electrons. The molecule has 0 aromatic heterocycles. The van der Waals surface area contributed by atoms with E-state index in [1.165, 1.54) is 12.8 Å². The van der Waals surface area contributed by atoms with Crippen molar-refractivity contribution in [3.63, 3.8) is 0 Å². The molecule has 0 spiro atoms. The van der Waals surface area contributed by atoms with Gasteiger partial charge in [0.25, 0.3) is 0 Å². The first-order valence-corrected chi connectivity index (χ1v) is 8.21. The summed E-state index contributed by atoms with van der Waals surface area (Å²) in [6.45, 7) is 7.89. The maximum Gasteiger partial charge on any atom is 0.195 e. The van der Waals surface area contributed by atoms with Gasteiger partial charge in [0.15, 0.2) is 5.79 Å². The number of hydrogen-bond acceptors (Lipinski definition) is 4. The van der Waals surface area contributed by atoms with Crippen LogP contribution in [0, 0.1) is 0 Å². The Hall–Kier alpha value is -0.420. The number of aliphatic hydroxyl groups is 1. The second kappa shape index (κ2) is 12.2. The second-order valence-corrected chi connectivity index (χ2v) is 5.91. The molecule has 0 amide bonds. The van der Waals surface area contributed by atoms with Crippen LogP contribution >= 0.6 is 0 Å². The average molecular weight is 302 g/mol. The molecule has 1 N–H and O–H groups in total. The number of unbranched alkanes of at least 4 members (excludes halogenated alkanes) is 3. The number of ether oxygens (including phenoxy) is 1. The van der Waals surface area contributed by atoms with Gasteiger partial charge >= 0.3 is 0 Å². The van der Waals surface area contributed by atoms with Crippen LogP contribution in [0.4, 0.5) is 0 Å². The third-order valence-corrected chi connectivity index (χ3v) is 3.36. The van der Waals surface area contributed by atoms with Gasteiger partial charge in [-0.15, -0.1) is 0 Å². The molecule has 0 aliphatic rings. The van der Waals surface area contributed by atoms with Crippen LogP contribution < -0.4 is 0 Å². The first-order valence-electron chi connectivity index (χ1n) is 8.21. The second-order valence-electron chi connectivity index (χ2n) is 5.91. The summed E-state index contributed by atoms with van der Waals surface area (Å²) in [6.07, 6.45) is 10.4. The number of hydrogen-bond donors (Lipinski definition) is 1. The molecule has 21 heavy (non-hydrogen) atoms. The van der Waals surface area contributed by atoms with Gasteiger partial charge in [-0.05, 0) is 26.7 Å². The molecule has 0 unspecified atom stereocenters. The van der Waals surface area contributed by atoms with E-state index in [4.69, 9.17) is 14.5 Å². The zero-order valence-corrected chi connectivity index (χ0v) is 14.4. The van der Waals surface area contributed by atoms with Gasteiger partial charge < -0.3 is 9.84 Å². The van der Waals surface area contributed by atoms with Gasteiger partial charge in [-0.1, -0.05) is 58.1 Å². The van der Waals surface area contributed by atoms with Crippen LogP contribution in [-0.2, 0) is 14.5 Å². The highest BCUT2D eigenvalue weighted by atomic mass is 17.2. The number of aliphatic hydroxyl groups excluding tert-OH is 1. The van der Waals surface area contributed by atoms with Crippen LogP contribution in [0.5, 0.6) is 0 Å². The summed E-state index contributed by atoms with van der Waals surface area (Å²) in [4.78, 5) is 10.8. The molecule has 0 bridgehead atoms. The molecule has 4 heteroatoms. The lowest BCUT2D eigenvalue weighted by atomic mass is 10.1. The van der Waals surface area contributed by atoms with Crippen molar-refractivity contribution in [3.05, 3.63) is 12.2 Å². The smallest absolute Gasteiger partial charge is 0.195 e. The fourth-order valence-electron chi connectivity index (χ4n) is 1.75. The summed E-state index contributed by atoms with van der Waals surface area (Å²) >= 11 is 0. The molecule has 0 rings (SSSR count). The van der Waals surface area contributed by atoms with E-state index in [2.05, 4.69) is 13.8 Å². The summed E-state index contributed by atoms with van der Waals surface area (Å²) in [6, 6.07) is 0. The lowest BCUT2D eigenvalue weighted by Gasteiger charge is -2.24. The van der Waals surface area contributed by atoms with Crippen LogP contribution in [0.3, 0.4) is 0 Å². The van der Waals surface area contributed by atoms with Gasteiger partial charge in [-0.3, -0.25) is 0 Å². The van der Waals surface area contributed by atoms with Crippen LogP contribution in [0.25, 0.3) is 0 Å². The molecule has 0 radical (unpaired) electrons. The van der Waals surface area contributed by atoms with Crippen LogP contribution in [-0.4, -0.2) is 30.2 Å². The number of methoxy groups -OCH3 is 1. The molecule has 0 saturated carbocycles. The van der Waals surface area contributed by atoms with Crippen molar-refractivity contribution < 1.29 is 19.6 Å². The minimum atomic E-state index is -0.766. The van der Waals surface area contributed by atoms with Crippen molar-refractivity contribution >= 4 is 0 Å². The highest BCUT2D eigenvalue weighted by molar-refractivity contribution is 4.94. The zero-order chi connectivity index (χ0) is 16.1. The summed E-state index contributed by atoms with van der Waals surface area (Å²) in [5.41, 5.74) is 0. The molecule has 0 aliphatic heterocycles. The molecule has 0 fully saturated rings. The number of rotatable bonds is 13. The Morgan fingerprint density at radius 1 is 1.00 bits per heavy atom. The third kappa shape index (κ3) is 11.9. The standard InChI is InChI=1S/C17H34O4/c1-6-8-10-12-16(20-21-17(3,4)19-5)14-13-15(18)11-9-7-2/h13-16,18H,6-12H2,1-5H3/b14-13+/t15-,16-/m0/s1. The van der Waals surface area contributed by atoms with Crippen molar-refractivity contribution in [2.75, 3.05) is 7.11 Å². The molecule has 0 aliphatic carbocycles. The molecule has 0 heterocycles. The van der Waals surface area contributed by atoms with E-state index in [0.29, 0.717) is 0 Å². The Labute approximate surface area is 130 Å². The monoisotopic (exact) mass is 302 g/mol. The first-order chi connectivity index (χ1) is 9.95. The fourth-order valence-corrected chi connectivity index (χ4v) is 1.75. The van der Waals surface area contributed by atoms with Gasteiger partial charge in [0.2, 0.25) is 0 Å². The van der Waals surface area contributed by atoms with E-state index in [9.17, 15) is 5.11 Å². The van der Waals surface area contributed by atoms with E-state index < -0.39 is 11.9 Å². The fraction of sp³-hybridized carbons (Fsp3) is 0.882. The molecule has 0 saturated heterocycles. The van der Waals surface area contributed by atoms with Crippen molar-refractivity contribution in [2.24, 2.45) is 0 Å². The van der Waals surface area contributed by atoms with Crippen LogP contribution in [0.1, 0.15) is 72.6 Å². The van der Waals surface area contributed by atoms with Gasteiger partial charge in [0, 0.05) is 7.11 Å². The molecule has 4 nitrogen and oxygen atoms in total. The van der Waals surface area contributed by atoms with Gasteiger partial charge in [0.05, 0.1) is 6.10 Å². The largest absolute Gasteiger partial charge is 0.389 e. The first kappa shape index (κ1) is 20.6. The third-order valence-electron chi connectivity index (χ3n) is 3.36. The van der Waals surface area contributed by atoms with E-state index >= 15 is 0 Å². The van der Waals surface area contributed by atoms with Crippen LogP contribution in [0.2, 0.25) is 0 Å². The Bertz CT molecular complexity index is 264. The Morgan fingerprint density at radius 2 is 1.67 bits per heavy atom. The highest BCUT2D eigenvalue weighted by Gasteiger charge is 2.20. The quantitative estimate of drug-likeness (QED) is 0.180. The lowest BCUT2D eigenvalue weighted by Crippen LogP contribution is -2.29. The van der Waals surface area contributed by atoms with Gasteiger partial charge in [-0.25, -0.2) is 9.78 Å². The van der Waals surface area contributed by atoms with Crippen molar-refractivity contribution in [1.82, 2.24) is 0 Å². The summed E-state index contributed by atoms with van der Waals surface area (Å²) in [7, 11) is 1.58. The Kier molecular flexibility index (Phi) is 11.9. The van der Waals surface area contributed by atoms with Crippen molar-refractivity contribution in [2.45, 2.75) is 90.6 Å². The maximum absolute atomic E-state index is 9.87.